The van der Waals surface area contributed by atoms with E-state index < -0.39 is 11.8 Å². The summed E-state index contributed by atoms with van der Waals surface area (Å²) in [4.78, 5) is 28.4. The number of fused-ring (bicyclic) bond motifs is 2. The molecule has 0 saturated carbocycles. The van der Waals surface area contributed by atoms with Gasteiger partial charge in [0.1, 0.15) is 11.6 Å². The highest BCUT2D eigenvalue weighted by molar-refractivity contribution is 6.38. The lowest BCUT2D eigenvalue weighted by atomic mass is 10.0. The van der Waals surface area contributed by atoms with Crippen LogP contribution in [-0.4, -0.2) is 11.8 Å². The fraction of sp³-hybridized carbons (Fsp3) is 0.0357. The van der Waals surface area contributed by atoms with E-state index in [0.29, 0.717) is 22.0 Å². The van der Waals surface area contributed by atoms with Gasteiger partial charge in [0.05, 0.1) is 17.8 Å². The zero-order valence-corrected chi connectivity index (χ0v) is 18.7. The molecule has 2 amide bonds. The van der Waals surface area contributed by atoms with E-state index in [9.17, 15) is 14.9 Å². The molecule has 5 nitrogen and oxygen atoms in total. The van der Waals surface area contributed by atoms with Crippen LogP contribution in [0.1, 0.15) is 11.1 Å². The maximum atomic E-state index is 13.5. The average molecular weight is 464 g/mol. The summed E-state index contributed by atoms with van der Waals surface area (Å²) in [5, 5.41) is 15.1. The number of nitriles is 1. The molecule has 1 N–H and O–H groups in total. The predicted octanol–water partition coefficient (Wildman–Crippen LogP) is 5.96. The first-order valence-electron chi connectivity index (χ1n) is 10.7. The van der Waals surface area contributed by atoms with Gasteiger partial charge in [-0.25, -0.2) is 0 Å². The van der Waals surface area contributed by atoms with Crippen LogP contribution >= 0.6 is 11.6 Å². The van der Waals surface area contributed by atoms with Crippen LogP contribution in [0.5, 0.6) is 0 Å². The van der Waals surface area contributed by atoms with Crippen molar-refractivity contribution in [2.75, 3.05) is 10.2 Å². The number of amides is 2. The number of nitrogens with one attached hydrogen (secondary N) is 1. The molecule has 0 aliphatic carbocycles. The molecule has 1 heterocycles. The Morgan fingerprint density at radius 1 is 0.912 bits per heavy atom. The van der Waals surface area contributed by atoms with Gasteiger partial charge in [0.15, 0.2) is 0 Å². The second kappa shape index (κ2) is 8.86. The van der Waals surface area contributed by atoms with Crippen molar-refractivity contribution in [3.63, 3.8) is 0 Å². The topological polar surface area (TPSA) is 73.2 Å². The molecule has 0 aromatic heterocycles. The van der Waals surface area contributed by atoms with E-state index in [1.54, 1.807) is 35.2 Å². The Kier molecular flexibility index (Phi) is 5.59. The number of anilines is 2. The Hall–Kier alpha value is -4.40. The fourth-order valence-corrected chi connectivity index (χ4v) is 4.41. The van der Waals surface area contributed by atoms with E-state index in [0.717, 1.165) is 16.3 Å². The highest BCUT2D eigenvalue weighted by Gasteiger charge is 2.36. The zero-order chi connectivity index (χ0) is 23.7. The quantitative estimate of drug-likeness (QED) is 0.300. The second-order valence-electron chi connectivity index (χ2n) is 7.84. The molecule has 6 heteroatoms. The highest BCUT2D eigenvalue weighted by atomic mass is 35.5. The molecular weight excluding hydrogens is 446 g/mol. The van der Waals surface area contributed by atoms with Gasteiger partial charge in [0, 0.05) is 21.7 Å². The maximum absolute atomic E-state index is 13.5. The van der Waals surface area contributed by atoms with Crippen LogP contribution in [-0.2, 0) is 16.1 Å². The summed E-state index contributed by atoms with van der Waals surface area (Å²) in [6.07, 6.45) is 0. The van der Waals surface area contributed by atoms with Crippen LogP contribution in [0.3, 0.4) is 0 Å². The van der Waals surface area contributed by atoms with Crippen molar-refractivity contribution in [2.24, 2.45) is 0 Å². The molecule has 0 fully saturated rings. The third-order valence-electron chi connectivity index (χ3n) is 5.84. The number of hydrogen-bond donors (Lipinski definition) is 1. The summed E-state index contributed by atoms with van der Waals surface area (Å²) < 4.78 is 0. The summed E-state index contributed by atoms with van der Waals surface area (Å²) in [5.74, 6) is -1.04. The van der Waals surface area contributed by atoms with Gasteiger partial charge in [-0.3, -0.25) is 9.59 Å². The van der Waals surface area contributed by atoms with Crippen LogP contribution < -0.4 is 10.2 Å². The Balaban J connectivity index is 1.56. The average Bonchev–Trinajstić information content (AvgIpc) is 3.13. The molecule has 0 spiro atoms. The third-order valence-corrected chi connectivity index (χ3v) is 6.20. The molecule has 0 radical (unpaired) electrons. The minimum atomic E-state index is -0.628. The SMILES string of the molecule is N#CC(C(=O)Nc1cccc2ccccc12)=C1C(=O)N(Cc2ccccc2Cl)c2ccccc21. The predicted molar refractivity (Wildman–Crippen MR) is 134 cm³/mol. The lowest BCUT2D eigenvalue weighted by Gasteiger charge is -2.18. The van der Waals surface area contributed by atoms with Gasteiger partial charge in [0.2, 0.25) is 0 Å². The molecular formula is C28H18ClN3O2. The Labute approximate surface area is 201 Å². The first-order chi connectivity index (χ1) is 16.6. The summed E-state index contributed by atoms with van der Waals surface area (Å²) in [6.45, 7) is 0.225. The van der Waals surface area contributed by atoms with Crippen molar-refractivity contribution >= 4 is 51.1 Å². The number of halogens is 1. The largest absolute Gasteiger partial charge is 0.321 e. The number of carbonyl (C=O) groups is 2. The number of carbonyl (C=O) groups excluding carboxylic acids is 2. The molecule has 4 aromatic rings. The molecule has 4 aromatic carbocycles. The van der Waals surface area contributed by atoms with E-state index in [2.05, 4.69) is 5.32 Å². The van der Waals surface area contributed by atoms with Gasteiger partial charge in [-0.05, 0) is 29.1 Å². The molecule has 0 unspecified atom stereocenters. The smallest absolute Gasteiger partial charge is 0.267 e. The fourth-order valence-electron chi connectivity index (χ4n) is 4.21. The van der Waals surface area contributed by atoms with Crippen LogP contribution in [0.25, 0.3) is 16.3 Å². The minimum Gasteiger partial charge on any atom is -0.321 e. The summed E-state index contributed by atoms with van der Waals surface area (Å²) in [7, 11) is 0. The summed E-state index contributed by atoms with van der Waals surface area (Å²) >= 11 is 6.33. The number of benzene rings is 4. The van der Waals surface area contributed by atoms with Crippen LogP contribution in [0.15, 0.2) is 96.6 Å². The summed E-state index contributed by atoms with van der Waals surface area (Å²) in [5.41, 5.74) is 2.38. The van der Waals surface area contributed by atoms with Crippen molar-refractivity contribution in [1.82, 2.24) is 0 Å². The van der Waals surface area contributed by atoms with Crippen LogP contribution in [0.2, 0.25) is 5.02 Å². The normalized spacial score (nSPS) is 14.0. The Bertz CT molecular complexity index is 1530. The lowest BCUT2D eigenvalue weighted by Crippen LogP contribution is -2.27. The van der Waals surface area contributed by atoms with Gasteiger partial charge in [-0.1, -0.05) is 84.4 Å². The first kappa shape index (κ1) is 21.4. The van der Waals surface area contributed by atoms with E-state index in [1.807, 2.05) is 66.7 Å². The van der Waals surface area contributed by atoms with E-state index >= 15 is 0 Å². The summed E-state index contributed by atoms with van der Waals surface area (Å²) in [6, 6.07) is 29.6. The maximum Gasteiger partial charge on any atom is 0.267 e. The van der Waals surface area contributed by atoms with Crippen molar-refractivity contribution in [3.05, 3.63) is 113 Å². The number of nitrogens with zero attached hydrogens (tertiary/aromatic N) is 2. The van der Waals surface area contributed by atoms with E-state index in [1.165, 1.54) is 0 Å². The van der Waals surface area contributed by atoms with Crippen molar-refractivity contribution in [3.8, 4) is 6.07 Å². The molecule has 0 bridgehead atoms. The number of hydrogen-bond acceptors (Lipinski definition) is 3. The van der Waals surface area contributed by atoms with Gasteiger partial charge in [-0.2, -0.15) is 5.26 Å². The molecule has 0 saturated heterocycles. The molecule has 0 atom stereocenters. The van der Waals surface area contributed by atoms with Gasteiger partial charge in [0.25, 0.3) is 11.8 Å². The van der Waals surface area contributed by atoms with Crippen LogP contribution in [0.4, 0.5) is 11.4 Å². The van der Waals surface area contributed by atoms with Crippen molar-refractivity contribution < 1.29 is 9.59 Å². The standard InChI is InChI=1S/C28H18ClN3O2/c29-23-13-5-2-9-19(23)17-32-25-15-6-4-12-21(25)26(28(32)34)22(16-30)27(33)31-24-14-7-10-18-8-1-3-11-20(18)24/h1-15H,17H2,(H,31,33). The Morgan fingerprint density at radius 2 is 1.62 bits per heavy atom. The zero-order valence-electron chi connectivity index (χ0n) is 18.0. The molecule has 34 heavy (non-hydrogen) atoms. The van der Waals surface area contributed by atoms with Gasteiger partial charge >= 0.3 is 0 Å². The van der Waals surface area contributed by atoms with Gasteiger partial charge in [-0.15, -0.1) is 0 Å². The number of para-hydroxylation sites is 1. The first-order valence-corrected chi connectivity index (χ1v) is 11.0. The second-order valence-corrected chi connectivity index (χ2v) is 8.25. The van der Waals surface area contributed by atoms with E-state index in [-0.39, 0.29) is 17.7 Å². The molecule has 5 rings (SSSR count). The highest BCUT2D eigenvalue weighted by Crippen LogP contribution is 2.40. The Morgan fingerprint density at radius 3 is 2.44 bits per heavy atom. The number of rotatable bonds is 4. The monoisotopic (exact) mass is 463 g/mol. The van der Waals surface area contributed by atoms with Gasteiger partial charge < -0.3 is 10.2 Å². The lowest BCUT2D eigenvalue weighted by molar-refractivity contribution is -0.114. The molecule has 1 aliphatic heterocycles. The third kappa shape index (κ3) is 3.71. The van der Waals surface area contributed by atoms with Crippen molar-refractivity contribution in [1.29, 1.82) is 5.26 Å². The van der Waals surface area contributed by atoms with Crippen LogP contribution in [0, 0.1) is 11.3 Å². The van der Waals surface area contributed by atoms with E-state index in [4.69, 9.17) is 11.6 Å². The minimum absolute atomic E-state index is 0.0860. The molecule has 1 aliphatic rings. The van der Waals surface area contributed by atoms with Crippen molar-refractivity contribution in [2.45, 2.75) is 6.54 Å². The molecule has 164 valence electrons.